The van der Waals surface area contributed by atoms with Crippen LogP contribution >= 0.6 is 0 Å². The fraction of sp³-hybridized carbons (Fsp3) is 0.750. The lowest BCUT2D eigenvalue weighted by Crippen LogP contribution is -2.45. The van der Waals surface area contributed by atoms with Crippen LogP contribution in [0.1, 0.15) is 20.3 Å². The number of aromatic nitrogens is 2. The Morgan fingerprint density at radius 3 is 2.53 bits per heavy atom. The first-order valence-corrected chi connectivity index (χ1v) is 7.91. The molecule has 0 spiro atoms. The van der Waals surface area contributed by atoms with Crippen LogP contribution in [0.15, 0.2) is 17.3 Å². The standard InChI is InChI=1S/C12H24N4O2S/c1-6-10(2)11(9-15(3)4)14-19(17,18)12-7-8-13-16(12)5/h7-8,10-11,14H,6,9H2,1-5H3/t10-,11+/m0/s1. The van der Waals surface area contributed by atoms with Crippen LogP contribution in [-0.2, 0) is 17.1 Å². The minimum atomic E-state index is -3.52. The molecule has 1 rings (SSSR count). The molecule has 7 heteroatoms. The molecule has 1 aromatic heterocycles. The third-order valence-corrected chi connectivity index (χ3v) is 4.81. The molecule has 19 heavy (non-hydrogen) atoms. The maximum atomic E-state index is 12.3. The third kappa shape index (κ3) is 4.29. The topological polar surface area (TPSA) is 67.2 Å². The van der Waals surface area contributed by atoms with Gasteiger partial charge in [0.25, 0.3) is 10.0 Å². The highest BCUT2D eigenvalue weighted by atomic mass is 32.2. The van der Waals surface area contributed by atoms with E-state index in [1.807, 2.05) is 19.0 Å². The first-order valence-electron chi connectivity index (χ1n) is 6.43. The Bertz CT molecular complexity index is 496. The van der Waals surface area contributed by atoms with Crippen LogP contribution in [0.3, 0.4) is 0 Å². The van der Waals surface area contributed by atoms with Gasteiger partial charge in [0, 0.05) is 19.6 Å². The second-order valence-electron chi connectivity index (χ2n) is 5.17. The summed E-state index contributed by atoms with van der Waals surface area (Å²) in [4.78, 5) is 1.99. The number of rotatable bonds is 7. The Morgan fingerprint density at radius 1 is 1.47 bits per heavy atom. The summed E-state index contributed by atoms with van der Waals surface area (Å²) in [5.41, 5.74) is 0. The Morgan fingerprint density at radius 2 is 2.11 bits per heavy atom. The van der Waals surface area contributed by atoms with Gasteiger partial charge in [-0.3, -0.25) is 4.68 Å². The zero-order valence-corrected chi connectivity index (χ0v) is 13.1. The number of aryl methyl sites for hydroxylation is 1. The van der Waals surface area contributed by atoms with Crippen LogP contribution in [0.4, 0.5) is 0 Å². The summed E-state index contributed by atoms with van der Waals surface area (Å²) >= 11 is 0. The molecule has 0 saturated heterocycles. The van der Waals surface area contributed by atoms with Crippen LogP contribution in [0, 0.1) is 5.92 Å². The molecule has 0 aromatic carbocycles. The van der Waals surface area contributed by atoms with E-state index in [1.165, 1.54) is 16.9 Å². The maximum Gasteiger partial charge on any atom is 0.258 e. The van der Waals surface area contributed by atoms with E-state index < -0.39 is 10.0 Å². The fourth-order valence-electron chi connectivity index (χ4n) is 1.90. The Balaban J connectivity index is 2.92. The summed E-state index contributed by atoms with van der Waals surface area (Å²) in [6.45, 7) is 4.79. The van der Waals surface area contributed by atoms with Crippen molar-refractivity contribution in [3.05, 3.63) is 12.3 Å². The second-order valence-corrected chi connectivity index (χ2v) is 6.83. The van der Waals surface area contributed by atoms with Crippen molar-refractivity contribution < 1.29 is 8.42 Å². The van der Waals surface area contributed by atoms with Crippen molar-refractivity contribution in [1.82, 2.24) is 19.4 Å². The number of hydrogen-bond donors (Lipinski definition) is 1. The van der Waals surface area contributed by atoms with Crippen molar-refractivity contribution in [1.29, 1.82) is 0 Å². The number of likely N-dealkylation sites (N-methyl/N-ethyl adjacent to an activating group) is 1. The number of nitrogens with one attached hydrogen (secondary N) is 1. The predicted octanol–water partition coefficient (Wildman–Crippen LogP) is 0.675. The van der Waals surface area contributed by atoms with Gasteiger partial charge in [0.05, 0.1) is 6.20 Å². The number of nitrogens with zero attached hydrogens (tertiary/aromatic N) is 3. The lowest BCUT2D eigenvalue weighted by atomic mass is 10.00. The van der Waals surface area contributed by atoms with Gasteiger partial charge in [0.15, 0.2) is 5.03 Å². The normalized spacial score (nSPS) is 15.7. The molecule has 6 nitrogen and oxygen atoms in total. The quantitative estimate of drug-likeness (QED) is 0.801. The van der Waals surface area contributed by atoms with Gasteiger partial charge in [-0.15, -0.1) is 0 Å². The maximum absolute atomic E-state index is 12.3. The monoisotopic (exact) mass is 288 g/mol. The number of sulfonamides is 1. The van der Waals surface area contributed by atoms with Crippen molar-refractivity contribution in [3.8, 4) is 0 Å². The van der Waals surface area contributed by atoms with Gasteiger partial charge in [-0.1, -0.05) is 20.3 Å². The molecule has 0 fully saturated rings. The highest BCUT2D eigenvalue weighted by molar-refractivity contribution is 7.89. The van der Waals surface area contributed by atoms with Crippen LogP contribution < -0.4 is 4.72 Å². The van der Waals surface area contributed by atoms with E-state index in [-0.39, 0.29) is 17.0 Å². The predicted molar refractivity (Wildman–Crippen MR) is 75.3 cm³/mol. The van der Waals surface area contributed by atoms with E-state index in [0.29, 0.717) is 6.54 Å². The molecule has 0 unspecified atom stereocenters. The van der Waals surface area contributed by atoms with E-state index in [0.717, 1.165) is 6.42 Å². The molecule has 1 N–H and O–H groups in total. The van der Waals surface area contributed by atoms with Crippen LogP contribution in [-0.4, -0.2) is 49.8 Å². The molecule has 0 bridgehead atoms. The van der Waals surface area contributed by atoms with Crippen LogP contribution in [0.25, 0.3) is 0 Å². The second kappa shape index (κ2) is 6.49. The van der Waals surface area contributed by atoms with Gasteiger partial charge in [0.1, 0.15) is 0 Å². The minimum Gasteiger partial charge on any atom is -0.308 e. The Labute approximate surface area is 115 Å². The lowest BCUT2D eigenvalue weighted by molar-refractivity contribution is 0.299. The van der Waals surface area contributed by atoms with E-state index in [2.05, 4.69) is 23.7 Å². The van der Waals surface area contributed by atoms with Gasteiger partial charge in [0.2, 0.25) is 0 Å². The highest BCUT2D eigenvalue weighted by Gasteiger charge is 2.26. The third-order valence-electron chi connectivity index (χ3n) is 3.25. The molecule has 0 aliphatic heterocycles. The van der Waals surface area contributed by atoms with Crippen molar-refractivity contribution in [3.63, 3.8) is 0 Å². The van der Waals surface area contributed by atoms with Gasteiger partial charge in [-0.2, -0.15) is 5.10 Å². The zero-order chi connectivity index (χ0) is 14.6. The molecule has 110 valence electrons. The lowest BCUT2D eigenvalue weighted by Gasteiger charge is -2.26. The first-order chi connectivity index (χ1) is 8.77. The minimum absolute atomic E-state index is 0.111. The molecule has 0 amide bonds. The van der Waals surface area contributed by atoms with E-state index in [4.69, 9.17) is 0 Å². The average Bonchev–Trinajstić information content (AvgIpc) is 2.73. The molecule has 0 aliphatic rings. The van der Waals surface area contributed by atoms with Crippen molar-refractivity contribution >= 4 is 10.0 Å². The average molecular weight is 288 g/mol. The van der Waals surface area contributed by atoms with E-state index in [1.54, 1.807) is 7.05 Å². The van der Waals surface area contributed by atoms with Gasteiger partial charge < -0.3 is 4.90 Å². The van der Waals surface area contributed by atoms with Gasteiger partial charge in [-0.25, -0.2) is 13.1 Å². The van der Waals surface area contributed by atoms with E-state index >= 15 is 0 Å². The molecule has 2 atom stereocenters. The summed E-state index contributed by atoms with van der Waals surface area (Å²) < 4.78 is 28.8. The van der Waals surface area contributed by atoms with Crippen molar-refractivity contribution in [2.24, 2.45) is 13.0 Å². The van der Waals surface area contributed by atoms with Crippen LogP contribution in [0.5, 0.6) is 0 Å². The molecular weight excluding hydrogens is 264 g/mol. The summed E-state index contributed by atoms with van der Waals surface area (Å²) in [6.07, 6.45) is 2.41. The molecular formula is C12H24N4O2S. The summed E-state index contributed by atoms with van der Waals surface area (Å²) in [7, 11) is 1.98. The molecule has 1 heterocycles. The summed E-state index contributed by atoms with van der Waals surface area (Å²) in [5, 5.41) is 4.10. The molecule has 0 aliphatic carbocycles. The van der Waals surface area contributed by atoms with Crippen molar-refractivity contribution in [2.45, 2.75) is 31.3 Å². The molecule has 0 saturated carbocycles. The number of hydrogen-bond acceptors (Lipinski definition) is 4. The largest absolute Gasteiger partial charge is 0.308 e. The van der Waals surface area contributed by atoms with Crippen molar-refractivity contribution in [2.75, 3.05) is 20.6 Å². The van der Waals surface area contributed by atoms with Crippen LogP contribution in [0.2, 0.25) is 0 Å². The zero-order valence-electron chi connectivity index (χ0n) is 12.3. The molecule has 0 radical (unpaired) electrons. The first kappa shape index (κ1) is 16.1. The smallest absolute Gasteiger partial charge is 0.258 e. The molecule has 1 aromatic rings. The van der Waals surface area contributed by atoms with Gasteiger partial charge in [-0.05, 0) is 26.1 Å². The van der Waals surface area contributed by atoms with Gasteiger partial charge >= 0.3 is 0 Å². The Kier molecular flexibility index (Phi) is 5.51. The van der Waals surface area contributed by atoms with E-state index in [9.17, 15) is 8.42 Å². The highest BCUT2D eigenvalue weighted by Crippen LogP contribution is 2.13. The fourth-order valence-corrected chi connectivity index (χ4v) is 3.36. The Hall–Kier alpha value is -0.920. The SMILES string of the molecule is CC[C@H](C)[C@@H](CN(C)C)NS(=O)(=O)c1ccnn1C. The summed E-state index contributed by atoms with van der Waals surface area (Å²) in [5.74, 6) is 0.269. The summed E-state index contributed by atoms with van der Waals surface area (Å²) in [6, 6.07) is 1.39.